The number of ether oxygens (including phenoxy) is 1. The third-order valence-electron chi connectivity index (χ3n) is 5.01. The Labute approximate surface area is 159 Å². The van der Waals surface area contributed by atoms with Crippen LogP contribution in [0.4, 0.5) is 0 Å². The quantitative estimate of drug-likeness (QED) is 0.623. The Hall–Kier alpha value is -1.98. The maximum absolute atomic E-state index is 5.91. The molecule has 26 heavy (non-hydrogen) atoms. The summed E-state index contributed by atoms with van der Waals surface area (Å²) in [5, 5.41) is 6.94. The maximum Gasteiger partial charge on any atom is 0.191 e. The topological polar surface area (TPSA) is 45.7 Å². The second kappa shape index (κ2) is 8.14. The van der Waals surface area contributed by atoms with Gasteiger partial charge in [0.2, 0.25) is 0 Å². The Morgan fingerprint density at radius 3 is 2.50 bits per heavy atom. The van der Waals surface area contributed by atoms with E-state index in [9.17, 15) is 0 Å². The predicted octanol–water partition coefficient (Wildman–Crippen LogP) is 3.82. The summed E-state index contributed by atoms with van der Waals surface area (Å²) in [6, 6.07) is 19.5. The molecule has 2 saturated heterocycles. The second-order valence-corrected chi connectivity index (χ2v) is 7.99. The van der Waals surface area contributed by atoms with Crippen LogP contribution in [0.5, 0.6) is 0 Å². The van der Waals surface area contributed by atoms with Gasteiger partial charge in [0.15, 0.2) is 5.96 Å². The molecule has 2 aromatic carbocycles. The molecule has 2 bridgehead atoms. The fourth-order valence-corrected chi connectivity index (χ4v) is 4.48. The fraction of sp³-hybridized carbons (Fsp3) is 0.381. The standard InChI is InChI=1S/C21H25N3OS/c1-22-21(24-19-13-16-9-12-20(19)25-16)23-14-15-7-10-18(11-8-15)26-17-5-3-2-4-6-17/h2-8,10-11,16,19-20H,9,12-14H2,1H3,(H2,22,23,24). The number of aliphatic imine (C=N–C) groups is 1. The van der Waals surface area contributed by atoms with Crippen molar-refractivity contribution in [3.8, 4) is 0 Å². The number of nitrogens with one attached hydrogen (secondary N) is 2. The minimum Gasteiger partial charge on any atom is -0.373 e. The van der Waals surface area contributed by atoms with Crippen LogP contribution in [0.3, 0.4) is 0 Å². The number of guanidine groups is 1. The largest absolute Gasteiger partial charge is 0.373 e. The van der Waals surface area contributed by atoms with Gasteiger partial charge in [0, 0.05) is 23.4 Å². The number of benzene rings is 2. The van der Waals surface area contributed by atoms with Gasteiger partial charge >= 0.3 is 0 Å². The molecular formula is C21H25N3OS. The van der Waals surface area contributed by atoms with E-state index in [4.69, 9.17) is 4.74 Å². The normalized spacial score (nSPS) is 24.7. The van der Waals surface area contributed by atoms with E-state index in [1.54, 1.807) is 11.8 Å². The lowest BCUT2D eigenvalue weighted by molar-refractivity contribution is 0.0992. The molecule has 3 atom stereocenters. The molecule has 0 aliphatic carbocycles. The average molecular weight is 368 g/mol. The van der Waals surface area contributed by atoms with Gasteiger partial charge in [0.25, 0.3) is 0 Å². The summed E-state index contributed by atoms with van der Waals surface area (Å²) in [4.78, 5) is 6.87. The molecule has 2 aliphatic heterocycles. The molecule has 0 saturated carbocycles. The lowest BCUT2D eigenvalue weighted by atomic mass is 9.96. The minimum atomic E-state index is 0.354. The highest BCUT2D eigenvalue weighted by molar-refractivity contribution is 7.99. The van der Waals surface area contributed by atoms with Gasteiger partial charge in [-0.3, -0.25) is 4.99 Å². The Bertz CT molecular complexity index is 748. The number of nitrogens with zero attached hydrogens (tertiary/aromatic N) is 1. The van der Waals surface area contributed by atoms with E-state index in [2.05, 4.69) is 64.2 Å². The van der Waals surface area contributed by atoms with Crippen LogP contribution in [0.2, 0.25) is 0 Å². The summed E-state index contributed by atoms with van der Waals surface area (Å²) in [5.41, 5.74) is 1.24. The first-order valence-corrected chi connectivity index (χ1v) is 10.1. The van der Waals surface area contributed by atoms with Gasteiger partial charge in [-0.05, 0) is 49.1 Å². The van der Waals surface area contributed by atoms with E-state index < -0.39 is 0 Å². The van der Waals surface area contributed by atoms with Crippen LogP contribution in [0.15, 0.2) is 69.4 Å². The highest BCUT2D eigenvalue weighted by Gasteiger charge is 2.41. The average Bonchev–Trinajstić information content (AvgIpc) is 3.30. The van der Waals surface area contributed by atoms with Crippen LogP contribution in [-0.2, 0) is 11.3 Å². The molecule has 2 aromatic rings. The van der Waals surface area contributed by atoms with Gasteiger partial charge in [0.1, 0.15) is 0 Å². The van der Waals surface area contributed by atoms with Crippen molar-refractivity contribution in [1.82, 2.24) is 10.6 Å². The third-order valence-corrected chi connectivity index (χ3v) is 6.03. The molecule has 3 unspecified atom stereocenters. The highest BCUT2D eigenvalue weighted by Crippen LogP contribution is 2.34. The molecule has 4 nitrogen and oxygen atoms in total. The van der Waals surface area contributed by atoms with Crippen molar-refractivity contribution >= 4 is 17.7 Å². The van der Waals surface area contributed by atoms with Crippen LogP contribution in [-0.4, -0.2) is 31.3 Å². The van der Waals surface area contributed by atoms with Crippen LogP contribution < -0.4 is 10.6 Å². The first-order valence-electron chi connectivity index (χ1n) is 9.24. The van der Waals surface area contributed by atoms with Crippen molar-refractivity contribution in [2.75, 3.05) is 7.05 Å². The number of hydrogen-bond donors (Lipinski definition) is 2. The first kappa shape index (κ1) is 17.4. The van der Waals surface area contributed by atoms with Crippen LogP contribution in [0, 0.1) is 0 Å². The Kier molecular flexibility index (Phi) is 5.46. The van der Waals surface area contributed by atoms with E-state index in [-0.39, 0.29) is 0 Å². The second-order valence-electron chi connectivity index (χ2n) is 6.85. The Morgan fingerprint density at radius 1 is 1.08 bits per heavy atom. The van der Waals surface area contributed by atoms with Crippen LogP contribution in [0.1, 0.15) is 24.8 Å². The van der Waals surface area contributed by atoms with Gasteiger partial charge in [0.05, 0.1) is 18.2 Å². The van der Waals surface area contributed by atoms with Gasteiger partial charge in [-0.25, -0.2) is 0 Å². The van der Waals surface area contributed by atoms with Crippen molar-refractivity contribution < 1.29 is 4.74 Å². The summed E-state index contributed by atoms with van der Waals surface area (Å²) in [7, 11) is 1.82. The fourth-order valence-electron chi connectivity index (χ4n) is 3.65. The van der Waals surface area contributed by atoms with Gasteiger partial charge in [-0.1, -0.05) is 42.1 Å². The van der Waals surface area contributed by atoms with Crippen molar-refractivity contribution in [2.45, 2.75) is 53.8 Å². The zero-order valence-electron chi connectivity index (χ0n) is 15.0. The summed E-state index contributed by atoms with van der Waals surface area (Å²) in [5.74, 6) is 0.855. The summed E-state index contributed by atoms with van der Waals surface area (Å²) in [6.45, 7) is 0.762. The molecule has 136 valence electrons. The smallest absolute Gasteiger partial charge is 0.191 e. The van der Waals surface area contributed by atoms with Gasteiger partial charge < -0.3 is 15.4 Å². The monoisotopic (exact) mass is 367 g/mol. The molecule has 4 rings (SSSR count). The zero-order chi connectivity index (χ0) is 17.8. The van der Waals surface area contributed by atoms with Crippen molar-refractivity contribution in [3.05, 3.63) is 60.2 Å². The third kappa shape index (κ3) is 4.22. The Morgan fingerprint density at radius 2 is 1.85 bits per heavy atom. The van der Waals surface area contributed by atoms with Crippen molar-refractivity contribution in [2.24, 2.45) is 4.99 Å². The van der Waals surface area contributed by atoms with Crippen LogP contribution in [0.25, 0.3) is 0 Å². The summed E-state index contributed by atoms with van der Waals surface area (Å²) >= 11 is 1.78. The highest BCUT2D eigenvalue weighted by atomic mass is 32.2. The maximum atomic E-state index is 5.91. The summed E-state index contributed by atoms with van der Waals surface area (Å²) in [6.07, 6.45) is 4.27. The molecule has 2 aliphatic rings. The van der Waals surface area contributed by atoms with Crippen molar-refractivity contribution in [3.63, 3.8) is 0 Å². The van der Waals surface area contributed by atoms with Crippen LogP contribution >= 0.6 is 11.8 Å². The molecule has 0 amide bonds. The van der Waals surface area contributed by atoms with Gasteiger partial charge in [-0.2, -0.15) is 0 Å². The van der Waals surface area contributed by atoms with E-state index in [0.717, 1.165) is 18.9 Å². The predicted molar refractivity (Wildman–Crippen MR) is 107 cm³/mol. The van der Waals surface area contributed by atoms with E-state index in [1.165, 1.54) is 28.2 Å². The van der Waals surface area contributed by atoms with E-state index in [1.807, 2.05) is 13.1 Å². The van der Waals surface area contributed by atoms with E-state index >= 15 is 0 Å². The SMILES string of the molecule is CN=C(NCc1ccc(Sc2ccccc2)cc1)NC1CC2CCC1O2. The molecule has 0 aromatic heterocycles. The van der Waals surface area contributed by atoms with Crippen molar-refractivity contribution in [1.29, 1.82) is 0 Å². The molecular weight excluding hydrogens is 342 g/mol. The zero-order valence-corrected chi connectivity index (χ0v) is 15.8. The molecule has 2 N–H and O–H groups in total. The molecule has 2 fully saturated rings. The number of hydrogen-bond acceptors (Lipinski definition) is 3. The minimum absolute atomic E-state index is 0.354. The lowest BCUT2D eigenvalue weighted by Gasteiger charge is -2.22. The molecule has 0 spiro atoms. The summed E-state index contributed by atoms with van der Waals surface area (Å²) < 4.78 is 5.91. The molecule has 2 heterocycles. The first-order chi connectivity index (χ1) is 12.8. The number of fused-ring (bicyclic) bond motifs is 2. The van der Waals surface area contributed by atoms with E-state index in [0.29, 0.717) is 18.2 Å². The van der Waals surface area contributed by atoms with Gasteiger partial charge in [-0.15, -0.1) is 0 Å². The molecule has 5 heteroatoms. The number of rotatable bonds is 5. The lowest BCUT2D eigenvalue weighted by Crippen LogP contribution is -2.47. The molecule has 0 radical (unpaired) electrons. The Balaban J connectivity index is 1.28.